The van der Waals surface area contributed by atoms with E-state index in [0.717, 1.165) is 5.56 Å². The van der Waals surface area contributed by atoms with Gasteiger partial charge in [0.1, 0.15) is 0 Å². The van der Waals surface area contributed by atoms with E-state index in [2.05, 4.69) is 5.32 Å². The van der Waals surface area contributed by atoms with Crippen LogP contribution in [0.1, 0.15) is 28.1 Å². The number of anilines is 1. The molecule has 6 nitrogen and oxygen atoms in total. The zero-order valence-electron chi connectivity index (χ0n) is 15.4. The first-order chi connectivity index (χ1) is 13.5. The molecule has 1 aromatic carbocycles. The summed E-state index contributed by atoms with van der Waals surface area (Å²) in [5.41, 5.74) is 1.35. The predicted octanol–water partition coefficient (Wildman–Crippen LogP) is 3.74. The summed E-state index contributed by atoms with van der Waals surface area (Å²) >= 11 is 7.44. The number of ether oxygens (including phenoxy) is 1. The maximum atomic E-state index is 12.3. The third-order valence-corrected chi connectivity index (χ3v) is 6.00. The second kappa shape index (κ2) is 9.21. The molecule has 2 amide bonds. The second-order valence-electron chi connectivity index (χ2n) is 6.61. The first kappa shape index (κ1) is 20.4. The Morgan fingerprint density at radius 1 is 1.21 bits per heavy atom. The van der Waals surface area contributed by atoms with E-state index in [-0.39, 0.29) is 18.4 Å². The van der Waals surface area contributed by atoms with Crippen molar-refractivity contribution in [2.24, 2.45) is 5.92 Å². The first-order valence-corrected chi connectivity index (χ1v) is 10.3. The van der Waals surface area contributed by atoms with E-state index >= 15 is 0 Å². The fourth-order valence-corrected chi connectivity index (χ4v) is 3.92. The summed E-state index contributed by atoms with van der Waals surface area (Å²) in [5.74, 6) is -1.11. The molecule has 1 aromatic heterocycles. The van der Waals surface area contributed by atoms with Crippen molar-refractivity contribution < 1.29 is 19.1 Å². The lowest BCUT2D eigenvalue weighted by Gasteiger charge is -2.30. The molecular formula is C20H21ClN2O4S. The average molecular weight is 421 g/mol. The van der Waals surface area contributed by atoms with Crippen LogP contribution in [0.25, 0.3) is 0 Å². The molecule has 0 radical (unpaired) electrons. The van der Waals surface area contributed by atoms with Gasteiger partial charge in [-0.3, -0.25) is 14.4 Å². The zero-order valence-corrected chi connectivity index (χ0v) is 17.0. The van der Waals surface area contributed by atoms with Crippen molar-refractivity contribution in [2.45, 2.75) is 19.8 Å². The minimum Gasteiger partial charge on any atom is -0.455 e. The van der Waals surface area contributed by atoms with Gasteiger partial charge in [0, 0.05) is 23.8 Å². The molecule has 148 valence electrons. The Morgan fingerprint density at radius 3 is 2.64 bits per heavy atom. The molecule has 0 spiro atoms. The van der Waals surface area contributed by atoms with Crippen molar-refractivity contribution in [2.75, 3.05) is 25.0 Å². The molecule has 0 unspecified atom stereocenters. The van der Waals surface area contributed by atoms with E-state index in [4.69, 9.17) is 16.3 Å². The lowest BCUT2D eigenvalue weighted by atomic mass is 9.97. The Balaban J connectivity index is 1.44. The van der Waals surface area contributed by atoms with Crippen molar-refractivity contribution in [3.05, 3.63) is 51.2 Å². The van der Waals surface area contributed by atoms with E-state index in [1.165, 1.54) is 11.3 Å². The summed E-state index contributed by atoms with van der Waals surface area (Å²) in [4.78, 5) is 39.1. The first-order valence-electron chi connectivity index (χ1n) is 9.00. The van der Waals surface area contributed by atoms with E-state index in [9.17, 15) is 14.4 Å². The Hall–Kier alpha value is -2.38. The summed E-state index contributed by atoms with van der Waals surface area (Å²) in [6.45, 7) is 2.46. The maximum absolute atomic E-state index is 12.3. The smallest absolute Gasteiger partial charge is 0.309 e. The predicted molar refractivity (Wildman–Crippen MR) is 109 cm³/mol. The van der Waals surface area contributed by atoms with Crippen molar-refractivity contribution in [3.63, 3.8) is 0 Å². The van der Waals surface area contributed by atoms with Crippen LogP contribution in [-0.4, -0.2) is 42.4 Å². The fourth-order valence-electron chi connectivity index (χ4n) is 3.06. The van der Waals surface area contributed by atoms with Gasteiger partial charge in [-0.15, -0.1) is 11.3 Å². The average Bonchev–Trinajstić information content (AvgIpc) is 3.24. The van der Waals surface area contributed by atoms with Crippen LogP contribution in [0.3, 0.4) is 0 Å². The number of nitrogens with one attached hydrogen (secondary N) is 1. The molecule has 28 heavy (non-hydrogen) atoms. The van der Waals surface area contributed by atoms with Gasteiger partial charge in [-0.05, 0) is 48.9 Å². The topological polar surface area (TPSA) is 75.7 Å². The van der Waals surface area contributed by atoms with Gasteiger partial charge in [0.05, 0.1) is 10.8 Å². The number of carbonyl (C=O) groups excluding carboxylic acids is 3. The molecule has 1 saturated heterocycles. The Bertz CT molecular complexity index is 861. The highest BCUT2D eigenvalue weighted by Gasteiger charge is 2.29. The number of carbonyl (C=O) groups is 3. The van der Waals surface area contributed by atoms with Crippen LogP contribution in [0.2, 0.25) is 5.02 Å². The van der Waals surface area contributed by atoms with E-state index in [0.29, 0.717) is 41.5 Å². The lowest BCUT2D eigenvalue weighted by Crippen LogP contribution is -2.40. The molecule has 2 aromatic rings. The standard InChI is InChI=1S/C20H21ClN2O4S/c1-13-15(21)4-2-5-16(13)22-18(24)12-27-20(26)14-7-9-23(10-8-14)19(25)17-6-3-11-28-17/h2-6,11,14H,7-10,12H2,1H3,(H,22,24). The summed E-state index contributed by atoms with van der Waals surface area (Å²) < 4.78 is 5.17. The molecule has 3 rings (SSSR count). The van der Waals surface area contributed by atoms with E-state index in [1.54, 1.807) is 36.1 Å². The van der Waals surface area contributed by atoms with Gasteiger partial charge in [-0.25, -0.2) is 0 Å². The maximum Gasteiger partial charge on any atom is 0.309 e. The summed E-state index contributed by atoms with van der Waals surface area (Å²) in [6, 6.07) is 8.86. The van der Waals surface area contributed by atoms with Crippen LogP contribution < -0.4 is 5.32 Å². The van der Waals surface area contributed by atoms with Gasteiger partial charge in [0.15, 0.2) is 6.61 Å². The van der Waals surface area contributed by atoms with E-state index < -0.39 is 11.9 Å². The van der Waals surface area contributed by atoms with Crippen LogP contribution in [0.5, 0.6) is 0 Å². The second-order valence-corrected chi connectivity index (χ2v) is 7.97. The highest BCUT2D eigenvalue weighted by atomic mass is 35.5. The molecule has 0 bridgehead atoms. The number of esters is 1. The molecule has 0 saturated carbocycles. The molecule has 1 fully saturated rings. The Labute approximate surface area is 172 Å². The molecule has 0 aliphatic carbocycles. The van der Waals surface area contributed by atoms with Gasteiger partial charge >= 0.3 is 5.97 Å². The van der Waals surface area contributed by atoms with Gasteiger partial charge in [0.25, 0.3) is 11.8 Å². The number of nitrogens with zero attached hydrogens (tertiary/aromatic N) is 1. The number of benzene rings is 1. The minimum absolute atomic E-state index is 0.00177. The molecule has 1 aliphatic rings. The number of likely N-dealkylation sites (tertiary alicyclic amines) is 1. The van der Waals surface area contributed by atoms with Crippen LogP contribution in [0.4, 0.5) is 5.69 Å². The minimum atomic E-state index is -0.413. The zero-order chi connectivity index (χ0) is 20.1. The third kappa shape index (κ3) is 4.91. The molecule has 1 N–H and O–H groups in total. The largest absolute Gasteiger partial charge is 0.455 e. The number of rotatable bonds is 5. The van der Waals surface area contributed by atoms with Crippen LogP contribution >= 0.6 is 22.9 Å². The number of hydrogen-bond donors (Lipinski definition) is 1. The van der Waals surface area contributed by atoms with E-state index in [1.807, 2.05) is 11.4 Å². The lowest BCUT2D eigenvalue weighted by molar-refractivity contribution is -0.152. The van der Waals surface area contributed by atoms with Crippen LogP contribution in [0, 0.1) is 12.8 Å². The summed E-state index contributed by atoms with van der Waals surface area (Å²) in [7, 11) is 0. The van der Waals surface area contributed by atoms with Crippen LogP contribution in [-0.2, 0) is 14.3 Å². The quantitative estimate of drug-likeness (QED) is 0.747. The molecule has 0 atom stereocenters. The van der Waals surface area contributed by atoms with Gasteiger partial charge < -0.3 is 15.0 Å². The van der Waals surface area contributed by atoms with Gasteiger partial charge in [-0.2, -0.15) is 0 Å². The normalized spacial score (nSPS) is 14.6. The summed E-state index contributed by atoms with van der Waals surface area (Å²) in [5, 5.41) is 5.12. The molecule has 8 heteroatoms. The highest BCUT2D eigenvalue weighted by Crippen LogP contribution is 2.23. The highest BCUT2D eigenvalue weighted by molar-refractivity contribution is 7.12. The Kier molecular flexibility index (Phi) is 6.70. The molecule has 2 heterocycles. The van der Waals surface area contributed by atoms with Crippen molar-refractivity contribution in [3.8, 4) is 0 Å². The number of piperidine rings is 1. The van der Waals surface area contributed by atoms with Crippen LogP contribution in [0.15, 0.2) is 35.7 Å². The number of amides is 2. The van der Waals surface area contributed by atoms with Crippen molar-refractivity contribution in [1.82, 2.24) is 4.90 Å². The number of hydrogen-bond acceptors (Lipinski definition) is 5. The van der Waals surface area contributed by atoms with Gasteiger partial charge in [0.2, 0.25) is 0 Å². The number of thiophene rings is 1. The SMILES string of the molecule is Cc1c(Cl)cccc1NC(=O)COC(=O)C1CCN(C(=O)c2cccs2)CC1. The summed E-state index contributed by atoms with van der Waals surface area (Å²) in [6.07, 6.45) is 1.07. The van der Waals surface area contributed by atoms with Crippen molar-refractivity contribution >= 4 is 46.4 Å². The van der Waals surface area contributed by atoms with Crippen molar-refractivity contribution in [1.29, 1.82) is 0 Å². The fraction of sp³-hybridized carbons (Fsp3) is 0.350. The van der Waals surface area contributed by atoms with Gasteiger partial charge in [-0.1, -0.05) is 23.7 Å². The Morgan fingerprint density at radius 2 is 1.96 bits per heavy atom. The molecule has 1 aliphatic heterocycles. The number of halogens is 1. The third-order valence-electron chi connectivity index (χ3n) is 4.73. The molecular weight excluding hydrogens is 400 g/mol. The monoisotopic (exact) mass is 420 g/mol.